The van der Waals surface area contributed by atoms with Gasteiger partial charge in [0.15, 0.2) is 0 Å². The van der Waals surface area contributed by atoms with Gasteiger partial charge in [0.05, 0.1) is 0 Å². The maximum absolute atomic E-state index is 2.40. The van der Waals surface area contributed by atoms with Crippen LogP contribution in [0.1, 0.15) is 25.0 Å². The fourth-order valence-electron chi connectivity index (χ4n) is 7.22. The van der Waals surface area contributed by atoms with E-state index in [4.69, 9.17) is 0 Å². The third kappa shape index (κ3) is 4.57. The Hall–Kier alpha value is -5.34. The van der Waals surface area contributed by atoms with Crippen molar-refractivity contribution in [3.63, 3.8) is 0 Å². The first-order valence-electron chi connectivity index (χ1n) is 15.8. The van der Waals surface area contributed by atoms with Crippen LogP contribution in [0.3, 0.4) is 0 Å². The molecule has 0 radical (unpaired) electrons. The van der Waals surface area contributed by atoms with E-state index in [0.717, 1.165) is 17.1 Å². The molecule has 0 aliphatic heterocycles. The van der Waals surface area contributed by atoms with Crippen LogP contribution in [-0.2, 0) is 5.41 Å². The molecule has 0 saturated carbocycles. The van der Waals surface area contributed by atoms with E-state index in [1.54, 1.807) is 0 Å². The quantitative estimate of drug-likeness (QED) is 0.185. The second kappa shape index (κ2) is 10.7. The maximum Gasteiger partial charge on any atom is 0.140 e. The van der Waals surface area contributed by atoms with Crippen molar-refractivity contribution in [2.45, 2.75) is 19.3 Å². The third-order valence-corrected chi connectivity index (χ3v) is 9.63. The Bertz CT molecular complexity index is 2180. The SMILES string of the molecule is Bc1cccc2c(-c3ccc(N(c4ccc(-c5ccccc5)cc4)c4ccc5c(c4)C(C)(C)c4ccccc4-5)cc3)cccc12. The van der Waals surface area contributed by atoms with Crippen molar-refractivity contribution >= 4 is 41.1 Å². The molecule has 0 atom stereocenters. The topological polar surface area (TPSA) is 3.24 Å². The van der Waals surface area contributed by atoms with Crippen LogP contribution < -0.4 is 10.4 Å². The number of anilines is 3. The molecule has 7 aromatic rings. The van der Waals surface area contributed by atoms with Gasteiger partial charge in [0.1, 0.15) is 7.85 Å². The largest absolute Gasteiger partial charge is 0.310 e. The Balaban J connectivity index is 1.25. The number of nitrogens with zero attached hydrogens (tertiary/aromatic N) is 1. The van der Waals surface area contributed by atoms with E-state index in [0.29, 0.717) is 0 Å². The standard InChI is InChI=1S/C43H34BN/c1-43(2)40-16-7-6-12-37(40)38-27-26-34(28-41(38)43)45(32-22-18-30(19-23-32)29-10-4-3-5-11-29)33-24-20-31(21-25-33)35-13-8-15-39-36(35)14-9-17-42(39)44/h3-28H,44H2,1-2H3. The third-order valence-electron chi connectivity index (χ3n) is 9.63. The molecule has 2 heteroatoms. The normalized spacial score (nSPS) is 12.9. The van der Waals surface area contributed by atoms with Crippen LogP contribution in [0.4, 0.5) is 17.1 Å². The van der Waals surface area contributed by atoms with Crippen LogP contribution in [0.25, 0.3) is 44.2 Å². The van der Waals surface area contributed by atoms with Crippen molar-refractivity contribution in [2.75, 3.05) is 4.90 Å². The first kappa shape index (κ1) is 27.2. The fourth-order valence-corrected chi connectivity index (χ4v) is 7.22. The molecule has 0 saturated heterocycles. The Morgan fingerprint density at radius 1 is 0.422 bits per heavy atom. The Kier molecular flexibility index (Phi) is 6.46. The van der Waals surface area contributed by atoms with Crippen LogP contribution in [0.5, 0.6) is 0 Å². The first-order chi connectivity index (χ1) is 22.0. The van der Waals surface area contributed by atoms with E-state index in [2.05, 4.69) is 184 Å². The van der Waals surface area contributed by atoms with Gasteiger partial charge >= 0.3 is 0 Å². The predicted octanol–water partition coefficient (Wildman–Crippen LogP) is 10.2. The molecule has 0 spiro atoms. The molecule has 0 amide bonds. The average Bonchev–Trinajstić information content (AvgIpc) is 3.32. The second-order valence-electron chi connectivity index (χ2n) is 12.7. The number of hydrogen-bond acceptors (Lipinski definition) is 1. The summed E-state index contributed by atoms with van der Waals surface area (Å²) in [5.74, 6) is 0. The molecule has 45 heavy (non-hydrogen) atoms. The molecule has 7 aromatic carbocycles. The highest BCUT2D eigenvalue weighted by Crippen LogP contribution is 2.50. The summed E-state index contributed by atoms with van der Waals surface area (Å²) < 4.78 is 0. The Labute approximate surface area is 266 Å². The highest BCUT2D eigenvalue weighted by atomic mass is 15.1. The number of hydrogen-bond donors (Lipinski definition) is 0. The van der Waals surface area contributed by atoms with Crippen LogP contribution in [-0.4, -0.2) is 7.85 Å². The smallest absolute Gasteiger partial charge is 0.140 e. The van der Waals surface area contributed by atoms with E-state index in [9.17, 15) is 0 Å². The maximum atomic E-state index is 2.40. The fraction of sp³-hybridized carbons (Fsp3) is 0.0698. The molecule has 1 aliphatic carbocycles. The lowest BCUT2D eigenvalue weighted by atomic mass is 9.82. The molecule has 8 rings (SSSR count). The van der Waals surface area contributed by atoms with E-state index in [-0.39, 0.29) is 5.41 Å². The molecule has 0 unspecified atom stereocenters. The highest BCUT2D eigenvalue weighted by Gasteiger charge is 2.35. The van der Waals surface area contributed by atoms with Crippen LogP contribution in [0.2, 0.25) is 0 Å². The van der Waals surface area contributed by atoms with Gasteiger partial charge in [0.2, 0.25) is 0 Å². The van der Waals surface area contributed by atoms with Crippen molar-refractivity contribution in [2.24, 2.45) is 0 Å². The monoisotopic (exact) mass is 575 g/mol. The molecule has 1 nitrogen and oxygen atoms in total. The summed E-state index contributed by atoms with van der Waals surface area (Å²) in [5, 5.41) is 2.60. The minimum atomic E-state index is -0.0683. The summed E-state index contributed by atoms with van der Waals surface area (Å²) >= 11 is 0. The van der Waals surface area contributed by atoms with Crippen LogP contribution >= 0.6 is 0 Å². The zero-order valence-corrected chi connectivity index (χ0v) is 26.0. The molecular weight excluding hydrogens is 541 g/mol. The van der Waals surface area contributed by atoms with Gasteiger partial charge in [0, 0.05) is 22.5 Å². The van der Waals surface area contributed by atoms with Gasteiger partial charge < -0.3 is 4.90 Å². The summed E-state index contributed by atoms with van der Waals surface area (Å²) in [7, 11) is 2.19. The van der Waals surface area contributed by atoms with Gasteiger partial charge in [-0.15, -0.1) is 0 Å². The predicted molar refractivity (Wildman–Crippen MR) is 195 cm³/mol. The minimum Gasteiger partial charge on any atom is -0.310 e. The van der Waals surface area contributed by atoms with E-state index in [1.165, 1.54) is 60.7 Å². The molecule has 0 N–H and O–H groups in total. The van der Waals surface area contributed by atoms with E-state index >= 15 is 0 Å². The summed E-state index contributed by atoms with van der Waals surface area (Å²) in [6.07, 6.45) is 0. The summed E-state index contributed by atoms with van der Waals surface area (Å²) in [4.78, 5) is 2.39. The molecule has 1 aliphatic rings. The molecule has 0 heterocycles. The summed E-state index contributed by atoms with van der Waals surface area (Å²) in [6.45, 7) is 4.70. The van der Waals surface area contributed by atoms with E-state index < -0.39 is 0 Å². The molecule has 214 valence electrons. The van der Waals surface area contributed by atoms with Crippen molar-refractivity contribution in [1.29, 1.82) is 0 Å². The minimum absolute atomic E-state index is 0.0683. The zero-order chi connectivity index (χ0) is 30.5. The Morgan fingerprint density at radius 2 is 0.978 bits per heavy atom. The van der Waals surface area contributed by atoms with Crippen molar-refractivity contribution in [1.82, 2.24) is 0 Å². The highest BCUT2D eigenvalue weighted by molar-refractivity contribution is 6.39. The molecule has 0 fully saturated rings. The van der Waals surface area contributed by atoms with Crippen LogP contribution in [0.15, 0.2) is 158 Å². The van der Waals surface area contributed by atoms with Gasteiger partial charge in [0.25, 0.3) is 0 Å². The van der Waals surface area contributed by atoms with Crippen molar-refractivity contribution < 1.29 is 0 Å². The average molecular weight is 576 g/mol. The van der Waals surface area contributed by atoms with Gasteiger partial charge in [-0.3, -0.25) is 0 Å². The van der Waals surface area contributed by atoms with Gasteiger partial charge in [-0.05, 0) is 91.7 Å². The number of fused-ring (bicyclic) bond motifs is 4. The lowest BCUT2D eigenvalue weighted by Crippen LogP contribution is -2.16. The molecule has 0 aromatic heterocycles. The van der Waals surface area contributed by atoms with Gasteiger partial charge in [-0.1, -0.05) is 141 Å². The summed E-state index contributed by atoms with van der Waals surface area (Å²) in [6, 6.07) is 57.7. The Morgan fingerprint density at radius 3 is 1.73 bits per heavy atom. The first-order valence-corrected chi connectivity index (χ1v) is 15.8. The molecular formula is C43H34BN. The number of benzene rings is 7. The second-order valence-corrected chi connectivity index (χ2v) is 12.7. The van der Waals surface area contributed by atoms with Gasteiger partial charge in [-0.25, -0.2) is 0 Å². The lowest BCUT2D eigenvalue weighted by molar-refractivity contribution is 0.660. The summed E-state index contributed by atoms with van der Waals surface area (Å²) in [5.41, 5.74) is 15.0. The van der Waals surface area contributed by atoms with Crippen molar-refractivity contribution in [3.05, 3.63) is 169 Å². The van der Waals surface area contributed by atoms with Crippen LogP contribution in [0, 0.1) is 0 Å². The lowest BCUT2D eigenvalue weighted by Gasteiger charge is -2.28. The van der Waals surface area contributed by atoms with E-state index in [1.807, 2.05) is 0 Å². The molecule has 0 bridgehead atoms. The number of rotatable bonds is 5. The zero-order valence-electron chi connectivity index (χ0n) is 26.0. The van der Waals surface area contributed by atoms with Gasteiger partial charge in [-0.2, -0.15) is 0 Å². The van der Waals surface area contributed by atoms with Crippen molar-refractivity contribution in [3.8, 4) is 33.4 Å².